The van der Waals surface area contributed by atoms with Crippen LogP contribution in [0.2, 0.25) is 0 Å². The van der Waals surface area contributed by atoms with E-state index in [2.05, 4.69) is 6.92 Å². The summed E-state index contributed by atoms with van der Waals surface area (Å²) in [5.41, 5.74) is 10.2. The Balaban J connectivity index is 0.000000255. The molecule has 0 aromatic rings. The minimum Gasteiger partial charge on any atom is -0.376 e. The monoisotopic (exact) mass is 202 g/mol. The second kappa shape index (κ2) is 5.69. The zero-order valence-corrected chi connectivity index (χ0v) is 9.84. The molecular weight excluding hydrogens is 176 g/mol. The fourth-order valence-corrected chi connectivity index (χ4v) is 1.36. The standard InChI is InChI=1S/C7H15N.C4H11NO/c1-7(8)5-3-2-4-6-7;1-3-4(2,5)6/h2-6,8H2,1H3;6H,3,5H2,1-2H3. The summed E-state index contributed by atoms with van der Waals surface area (Å²) in [4.78, 5) is 0. The van der Waals surface area contributed by atoms with Crippen molar-refractivity contribution >= 4 is 0 Å². The van der Waals surface area contributed by atoms with Gasteiger partial charge in [-0.15, -0.1) is 0 Å². The summed E-state index contributed by atoms with van der Waals surface area (Å²) < 4.78 is 0. The maximum atomic E-state index is 8.60. The summed E-state index contributed by atoms with van der Waals surface area (Å²) in [6, 6.07) is 0. The van der Waals surface area contributed by atoms with Crippen molar-refractivity contribution in [2.75, 3.05) is 0 Å². The van der Waals surface area contributed by atoms with E-state index >= 15 is 0 Å². The lowest BCUT2D eigenvalue weighted by Gasteiger charge is -2.28. The molecule has 0 amide bonds. The van der Waals surface area contributed by atoms with E-state index in [1.165, 1.54) is 32.1 Å². The molecule has 1 unspecified atom stereocenters. The third-order valence-corrected chi connectivity index (χ3v) is 2.71. The number of hydrogen-bond acceptors (Lipinski definition) is 3. The number of nitrogens with two attached hydrogens (primary N) is 2. The van der Waals surface area contributed by atoms with Crippen LogP contribution in [0.1, 0.15) is 59.3 Å². The van der Waals surface area contributed by atoms with Crippen LogP contribution in [0.15, 0.2) is 0 Å². The molecule has 0 aromatic carbocycles. The number of hydrogen-bond donors (Lipinski definition) is 3. The minimum absolute atomic E-state index is 0.179. The Labute approximate surface area is 87.9 Å². The molecule has 1 aliphatic carbocycles. The van der Waals surface area contributed by atoms with Crippen LogP contribution < -0.4 is 11.5 Å². The third kappa shape index (κ3) is 8.48. The van der Waals surface area contributed by atoms with Crippen LogP contribution in [0.3, 0.4) is 0 Å². The van der Waals surface area contributed by atoms with Gasteiger partial charge in [-0.1, -0.05) is 26.2 Å². The van der Waals surface area contributed by atoms with E-state index in [0.717, 1.165) is 0 Å². The molecule has 5 N–H and O–H groups in total. The molecule has 3 heteroatoms. The largest absolute Gasteiger partial charge is 0.376 e. The Kier molecular flexibility index (Phi) is 5.64. The third-order valence-electron chi connectivity index (χ3n) is 2.71. The van der Waals surface area contributed by atoms with Gasteiger partial charge in [0.05, 0.1) is 0 Å². The fourth-order valence-electron chi connectivity index (χ4n) is 1.36. The molecule has 86 valence electrons. The van der Waals surface area contributed by atoms with Gasteiger partial charge < -0.3 is 16.6 Å². The predicted molar refractivity (Wildman–Crippen MR) is 60.8 cm³/mol. The summed E-state index contributed by atoms with van der Waals surface area (Å²) in [5.74, 6) is 0. The second-order valence-electron chi connectivity index (χ2n) is 4.93. The van der Waals surface area contributed by atoms with Gasteiger partial charge >= 0.3 is 0 Å². The molecule has 14 heavy (non-hydrogen) atoms. The quantitative estimate of drug-likeness (QED) is 0.567. The smallest absolute Gasteiger partial charge is 0.110 e. The number of rotatable bonds is 1. The topological polar surface area (TPSA) is 72.3 Å². The summed E-state index contributed by atoms with van der Waals surface area (Å²) in [6.45, 7) is 5.57. The van der Waals surface area contributed by atoms with Crippen LogP contribution in [0.5, 0.6) is 0 Å². The molecule has 0 spiro atoms. The van der Waals surface area contributed by atoms with Crippen molar-refractivity contribution in [1.29, 1.82) is 0 Å². The van der Waals surface area contributed by atoms with E-state index in [1.54, 1.807) is 6.92 Å². The molecule has 0 bridgehead atoms. The molecular formula is C11H26N2O. The summed E-state index contributed by atoms with van der Waals surface area (Å²) in [5, 5.41) is 8.60. The highest BCUT2D eigenvalue weighted by atomic mass is 16.3. The van der Waals surface area contributed by atoms with Gasteiger partial charge in [0.1, 0.15) is 5.72 Å². The first kappa shape index (κ1) is 13.9. The second-order valence-corrected chi connectivity index (χ2v) is 4.93. The molecule has 1 saturated carbocycles. The van der Waals surface area contributed by atoms with E-state index in [-0.39, 0.29) is 5.54 Å². The molecule has 3 nitrogen and oxygen atoms in total. The van der Waals surface area contributed by atoms with Crippen LogP contribution in [0.25, 0.3) is 0 Å². The maximum absolute atomic E-state index is 8.60. The van der Waals surface area contributed by atoms with E-state index in [4.69, 9.17) is 16.6 Å². The van der Waals surface area contributed by atoms with Gasteiger partial charge in [0.25, 0.3) is 0 Å². The maximum Gasteiger partial charge on any atom is 0.110 e. The van der Waals surface area contributed by atoms with Crippen molar-refractivity contribution in [3.8, 4) is 0 Å². The molecule has 1 rings (SSSR count). The van der Waals surface area contributed by atoms with Crippen LogP contribution in [-0.2, 0) is 0 Å². The van der Waals surface area contributed by atoms with Crippen molar-refractivity contribution in [1.82, 2.24) is 0 Å². The van der Waals surface area contributed by atoms with Crippen LogP contribution in [0, 0.1) is 0 Å². The summed E-state index contributed by atoms with van der Waals surface area (Å²) in [7, 11) is 0. The van der Waals surface area contributed by atoms with Crippen molar-refractivity contribution < 1.29 is 5.11 Å². The lowest BCUT2D eigenvalue weighted by molar-refractivity contribution is 0.0632. The van der Waals surface area contributed by atoms with Crippen LogP contribution >= 0.6 is 0 Å². The molecule has 0 saturated heterocycles. The Morgan fingerprint density at radius 1 is 1.29 bits per heavy atom. The first-order valence-corrected chi connectivity index (χ1v) is 5.57. The normalized spacial score (nSPS) is 24.4. The van der Waals surface area contributed by atoms with E-state index in [1.807, 2.05) is 6.92 Å². The Morgan fingerprint density at radius 3 is 1.79 bits per heavy atom. The van der Waals surface area contributed by atoms with Crippen molar-refractivity contribution in [3.63, 3.8) is 0 Å². The lowest BCUT2D eigenvalue weighted by atomic mass is 9.84. The van der Waals surface area contributed by atoms with Gasteiger partial charge in [0, 0.05) is 5.54 Å². The average Bonchev–Trinajstić information content (AvgIpc) is 2.04. The van der Waals surface area contributed by atoms with E-state index < -0.39 is 5.72 Å². The molecule has 0 radical (unpaired) electrons. The highest BCUT2D eigenvalue weighted by Crippen LogP contribution is 2.24. The first-order chi connectivity index (χ1) is 6.27. The Hall–Kier alpha value is -0.120. The van der Waals surface area contributed by atoms with Gasteiger partial charge in [-0.05, 0) is 33.1 Å². The van der Waals surface area contributed by atoms with Gasteiger partial charge in [-0.25, -0.2) is 0 Å². The van der Waals surface area contributed by atoms with Gasteiger partial charge in [0.2, 0.25) is 0 Å². The van der Waals surface area contributed by atoms with Crippen LogP contribution in [-0.4, -0.2) is 16.4 Å². The molecule has 0 aliphatic heterocycles. The van der Waals surface area contributed by atoms with Crippen LogP contribution in [0.4, 0.5) is 0 Å². The Morgan fingerprint density at radius 2 is 1.64 bits per heavy atom. The first-order valence-electron chi connectivity index (χ1n) is 5.57. The van der Waals surface area contributed by atoms with Crippen molar-refractivity contribution in [2.24, 2.45) is 11.5 Å². The highest BCUT2D eigenvalue weighted by molar-refractivity contribution is 4.81. The molecule has 0 aromatic heterocycles. The van der Waals surface area contributed by atoms with E-state index in [0.29, 0.717) is 6.42 Å². The molecule has 1 atom stereocenters. The number of aliphatic hydroxyl groups is 1. The van der Waals surface area contributed by atoms with Crippen molar-refractivity contribution in [3.05, 3.63) is 0 Å². The van der Waals surface area contributed by atoms with E-state index in [9.17, 15) is 0 Å². The molecule has 1 aliphatic rings. The summed E-state index contributed by atoms with van der Waals surface area (Å²) in [6.07, 6.45) is 7.14. The molecule has 0 heterocycles. The zero-order chi connectivity index (χ0) is 11.2. The predicted octanol–water partition coefficient (Wildman–Crippen LogP) is 1.73. The lowest BCUT2D eigenvalue weighted by Crippen LogP contribution is -2.37. The summed E-state index contributed by atoms with van der Waals surface area (Å²) >= 11 is 0. The fraction of sp³-hybridized carbons (Fsp3) is 1.00. The zero-order valence-electron chi connectivity index (χ0n) is 9.84. The SMILES string of the molecule is CC1(N)CCCCC1.CCC(C)(N)O. The Bertz CT molecular complexity index is 142. The van der Waals surface area contributed by atoms with Gasteiger partial charge in [-0.3, -0.25) is 0 Å². The minimum atomic E-state index is -0.958. The van der Waals surface area contributed by atoms with Gasteiger partial charge in [0.15, 0.2) is 0 Å². The molecule has 1 fully saturated rings. The average molecular weight is 202 g/mol. The van der Waals surface area contributed by atoms with Gasteiger partial charge in [-0.2, -0.15) is 0 Å². The van der Waals surface area contributed by atoms with Crippen molar-refractivity contribution in [2.45, 2.75) is 70.6 Å². The highest BCUT2D eigenvalue weighted by Gasteiger charge is 2.20.